The Bertz CT molecular complexity index is 549. The standard InChI is InChI=1S/C14H22N2O2S/c1-10(2)9-16-13-7-6-12(8-14(13)18-3)19(15,17)11-4-5-11/h6-8,10-11,15-16H,4-5,9H2,1-3H3. The van der Waals surface area contributed by atoms with E-state index in [1.807, 2.05) is 6.07 Å². The maximum Gasteiger partial charge on any atom is 0.143 e. The van der Waals surface area contributed by atoms with E-state index < -0.39 is 9.73 Å². The van der Waals surface area contributed by atoms with Gasteiger partial charge in [0.1, 0.15) is 5.75 Å². The Hall–Kier alpha value is -1.23. The van der Waals surface area contributed by atoms with Crippen LogP contribution in [0.2, 0.25) is 0 Å². The maximum atomic E-state index is 12.4. The van der Waals surface area contributed by atoms with Crippen molar-refractivity contribution in [1.82, 2.24) is 0 Å². The second kappa shape index (κ2) is 5.41. The van der Waals surface area contributed by atoms with Gasteiger partial charge in [0, 0.05) is 11.8 Å². The molecular formula is C14H22N2O2S. The van der Waals surface area contributed by atoms with E-state index in [4.69, 9.17) is 9.52 Å². The average molecular weight is 282 g/mol. The molecule has 0 heterocycles. The molecule has 0 saturated heterocycles. The molecule has 0 amide bonds. The van der Waals surface area contributed by atoms with Gasteiger partial charge in [0.25, 0.3) is 0 Å². The molecule has 1 saturated carbocycles. The number of nitrogens with one attached hydrogen (secondary N) is 2. The number of anilines is 1. The van der Waals surface area contributed by atoms with E-state index in [1.54, 1.807) is 19.2 Å². The SMILES string of the molecule is COc1cc(S(=N)(=O)C2CC2)ccc1NCC(C)C. The summed E-state index contributed by atoms with van der Waals surface area (Å²) in [5, 5.41) is 3.34. The summed E-state index contributed by atoms with van der Waals surface area (Å²) >= 11 is 0. The van der Waals surface area contributed by atoms with Crippen molar-refractivity contribution in [2.45, 2.75) is 36.8 Å². The van der Waals surface area contributed by atoms with Crippen molar-refractivity contribution in [2.24, 2.45) is 5.92 Å². The molecule has 1 aliphatic carbocycles. The minimum Gasteiger partial charge on any atom is -0.495 e. The average Bonchev–Trinajstić information content (AvgIpc) is 3.20. The number of benzene rings is 1. The molecule has 2 rings (SSSR count). The molecule has 1 aromatic carbocycles. The Morgan fingerprint density at radius 2 is 2.16 bits per heavy atom. The molecule has 1 aromatic rings. The summed E-state index contributed by atoms with van der Waals surface area (Å²) in [4.78, 5) is 0.585. The Labute approximate surface area is 115 Å². The Morgan fingerprint density at radius 1 is 1.47 bits per heavy atom. The second-order valence-corrected chi connectivity index (χ2v) is 7.78. The first-order valence-corrected chi connectivity index (χ1v) is 8.27. The maximum absolute atomic E-state index is 12.4. The highest BCUT2D eigenvalue weighted by Crippen LogP contribution is 2.37. The minimum absolute atomic E-state index is 0.0340. The molecule has 106 valence electrons. The first-order chi connectivity index (χ1) is 8.95. The van der Waals surface area contributed by atoms with Gasteiger partial charge in [-0.15, -0.1) is 0 Å². The molecule has 1 aliphatic rings. The molecule has 19 heavy (non-hydrogen) atoms. The molecular weight excluding hydrogens is 260 g/mol. The van der Waals surface area contributed by atoms with Crippen molar-refractivity contribution in [3.63, 3.8) is 0 Å². The van der Waals surface area contributed by atoms with Crippen molar-refractivity contribution in [3.05, 3.63) is 18.2 Å². The molecule has 0 spiro atoms. The summed E-state index contributed by atoms with van der Waals surface area (Å²) < 4.78 is 25.8. The van der Waals surface area contributed by atoms with Gasteiger partial charge in [0.05, 0.1) is 27.4 Å². The number of ether oxygens (including phenoxy) is 1. The van der Waals surface area contributed by atoms with Crippen molar-refractivity contribution in [2.75, 3.05) is 19.0 Å². The van der Waals surface area contributed by atoms with Crippen LogP contribution in [0.25, 0.3) is 0 Å². The molecule has 0 aromatic heterocycles. The van der Waals surface area contributed by atoms with Gasteiger partial charge in [-0.3, -0.25) is 0 Å². The number of hydrogen-bond acceptors (Lipinski definition) is 4. The van der Waals surface area contributed by atoms with Gasteiger partial charge in [-0.1, -0.05) is 13.8 Å². The Morgan fingerprint density at radius 3 is 2.68 bits per heavy atom. The summed E-state index contributed by atoms with van der Waals surface area (Å²) in [5.41, 5.74) is 0.894. The summed E-state index contributed by atoms with van der Waals surface area (Å²) in [6, 6.07) is 5.41. The predicted octanol–water partition coefficient (Wildman–Crippen LogP) is 3.33. The van der Waals surface area contributed by atoms with Gasteiger partial charge in [-0.25, -0.2) is 8.99 Å². The first kappa shape index (κ1) is 14.2. The highest BCUT2D eigenvalue weighted by molar-refractivity contribution is 7.93. The van der Waals surface area contributed by atoms with Crippen LogP contribution in [0, 0.1) is 10.7 Å². The normalized spacial score (nSPS) is 18.1. The summed E-state index contributed by atoms with van der Waals surface area (Å²) in [6.45, 7) is 5.13. The van der Waals surface area contributed by atoms with Gasteiger partial charge in [-0.05, 0) is 37.0 Å². The number of rotatable bonds is 6. The lowest BCUT2D eigenvalue weighted by molar-refractivity contribution is 0.415. The summed E-state index contributed by atoms with van der Waals surface area (Å²) in [7, 11) is -1.05. The van der Waals surface area contributed by atoms with E-state index in [9.17, 15) is 4.21 Å². The third kappa shape index (κ3) is 3.21. The van der Waals surface area contributed by atoms with Crippen molar-refractivity contribution < 1.29 is 8.95 Å². The molecule has 4 nitrogen and oxygen atoms in total. The summed E-state index contributed by atoms with van der Waals surface area (Å²) in [6.07, 6.45) is 1.80. The van der Waals surface area contributed by atoms with E-state index >= 15 is 0 Å². The molecule has 1 atom stereocenters. The zero-order valence-electron chi connectivity index (χ0n) is 11.7. The van der Waals surface area contributed by atoms with E-state index in [2.05, 4.69) is 19.2 Å². The zero-order valence-corrected chi connectivity index (χ0v) is 12.5. The summed E-state index contributed by atoms with van der Waals surface area (Å²) in [5.74, 6) is 1.20. The highest BCUT2D eigenvalue weighted by Gasteiger charge is 2.34. The van der Waals surface area contributed by atoms with Gasteiger partial charge >= 0.3 is 0 Å². The largest absolute Gasteiger partial charge is 0.495 e. The molecule has 2 N–H and O–H groups in total. The van der Waals surface area contributed by atoms with E-state index in [1.165, 1.54) is 0 Å². The molecule has 0 radical (unpaired) electrons. The van der Waals surface area contributed by atoms with Crippen LogP contribution in [0.15, 0.2) is 23.1 Å². The van der Waals surface area contributed by atoms with Crippen LogP contribution >= 0.6 is 0 Å². The number of methoxy groups -OCH3 is 1. The minimum atomic E-state index is -2.65. The van der Waals surface area contributed by atoms with Gasteiger partial charge in [0.15, 0.2) is 0 Å². The molecule has 1 fully saturated rings. The molecule has 0 bridgehead atoms. The monoisotopic (exact) mass is 282 g/mol. The van der Waals surface area contributed by atoms with Crippen LogP contribution in [0.4, 0.5) is 5.69 Å². The molecule has 0 aliphatic heterocycles. The molecule has 1 unspecified atom stereocenters. The van der Waals surface area contributed by atoms with Crippen molar-refractivity contribution in [3.8, 4) is 5.75 Å². The van der Waals surface area contributed by atoms with Gasteiger partial charge < -0.3 is 10.1 Å². The van der Waals surface area contributed by atoms with Crippen molar-refractivity contribution >= 4 is 15.4 Å². The van der Waals surface area contributed by atoms with Gasteiger partial charge in [-0.2, -0.15) is 0 Å². The topological polar surface area (TPSA) is 62.2 Å². The van der Waals surface area contributed by atoms with Crippen LogP contribution in [0.1, 0.15) is 26.7 Å². The van der Waals surface area contributed by atoms with Crippen LogP contribution in [-0.4, -0.2) is 23.1 Å². The van der Waals surface area contributed by atoms with E-state index in [0.717, 1.165) is 25.1 Å². The predicted molar refractivity (Wildman–Crippen MR) is 78.5 cm³/mol. The lowest BCUT2D eigenvalue weighted by Gasteiger charge is -2.15. The van der Waals surface area contributed by atoms with E-state index in [-0.39, 0.29) is 5.25 Å². The van der Waals surface area contributed by atoms with Crippen LogP contribution < -0.4 is 10.1 Å². The first-order valence-electron chi connectivity index (χ1n) is 6.64. The van der Waals surface area contributed by atoms with Gasteiger partial charge in [0.2, 0.25) is 0 Å². The quantitative estimate of drug-likeness (QED) is 0.841. The Kier molecular flexibility index (Phi) is 4.04. The zero-order chi connectivity index (χ0) is 14.0. The van der Waals surface area contributed by atoms with Crippen molar-refractivity contribution in [1.29, 1.82) is 4.78 Å². The fourth-order valence-corrected chi connectivity index (χ4v) is 3.65. The van der Waals surface area contributed by atoms with Crippen LogP contribution in [0.5, 0.6) is 5.75 Å². The second-order valence-electron chi connectivity index (χ2n) is 5.44. The van der Waals surface area contributed by atoms with E-state index in [0.29, 0.717) is 16.6 Å². The smallest absolute Gasteiger partial charge is 0.143 e. The third-order valence-corrected chi connectivity index (χ3v) is 5.58. The van der Waals surface area contributed by atoms with Crippen LogP contribution in [0.3, 0.4) is 0 Å². The lowest BCUT2D eigenvalue weighted by atomic mass is 10.2. The highest BCUT2D eigenvalue weighted by atomic mass is 32.2. The Balaban J connectivity index is 2.25. The fraction of sp³-hybridized carbons (Fsp3) is 0.571. The van der Waals surface area contributed by atoms with Crippen LogP contribution in [-0.2, 0) is 9.73 Å². The molecule has 5 heteroatoms. The lowest BCUT2D eigenvalue weighted by Crippen LogP contribution is -2.10. The fourth-order valence-electron chi connectivity index (χ4n) is 1.91. The third-order valence-electron chi connectivity index (χ3n) is 3.22. The number of hydrogen-bond donors (Lipinski definition) is 2.